The van der Waals surface area contributed by atoms with E-state index in [1.807, 2.05) is 146 Å². The fraction of sp³-hybridized carbons (Fsp3) is 0.174. The number of nitrogens with one attached hydrogen (secondary N) is 2. The molecule has 0 unspecified atom stereocenters. The summed E-state index contributed by atoms with van der Waals surface area (Å²) in [5.41, 5.74) is 4.42. The van der Waals surface area contributed by atoms with E-state index < -0.39 is 12.1 Å². The lowest BCUT2D eigenvalue weighted by atomic mass is 10.1. The van der Waals surface area contributed by atoms with Crippen LogP contribution in [0.4, 0.5) is 11.4 Å². The van der Waals surface area contributed by atoms with Crippen LogP contribution in [0.15, 0.2) is 133 Å². The van der Waals surface area contributed by atoms with Gasteiger partial charge in [-0.15, -0.1) is 0 Å². The van der Waals surface area contributed by atoms with E-state index in [1.54, 1.807) is 9.80 Å². The predicted molar refractivity (Wildman–Crippen MR) is 215 cm³/mol. The van der Waals surface area contributed by atoms with Crippen LogP contribution in [0.3, 0.4) is 0 Å². The summed E-state index contributed by atoms with van der Waals surface area (Å²) >= 11 is 0. The molecule has 6 aromatic carbocycles. The molecule has 6 aromatic rings. The minimum absolute atomic E-state index is 0.126. The molecule has 0 radical (unpaired) electrons. The van der Waals surface area contributed by atoms with Crippen LogP contribution >= 0.6 is 0 Å². The second-order valence-corrected chi connectivity index (χ2v) is 14.0. The molecule has 54 heavy (non-hydrogen) atoms. The van der Waals surface area contributed by atoms with Crippen LogP contribution in [-0.4, -0.2) is 58.6 Å². The van der Waals surface area contributed by atoms with E-state index in [-0.39, 0.29) is 23.6 Å². The van der Waals surface area contributed by atoms with Gasteiger partial charge < -0.3 is 20.4 Å². The van der Waals surface area contributed by atoms with Crippen molar-refractivity contribution in [2.24, 2.45) is 0 Å². The van der Waals surface area contributed by atoms with Gasteiger partial charge in [0.05, 0.1) is 0 Å². The number of fused-ring (bicyclic) bond motifs is 2. The topological polar surface area (TPSA) is 98.8 Å². The van der Waals surface area contributed by atoms with Crippen molar-refractivity contribution in [2.75, 3.05) is 23.7 Å². The van der Waals surface area contributed by atoms with Gasteiger partial charge in [-0.3, -0.25) is 19.2 Å². The Morgan fingerprint density at radius 2 is 0.870 bits per heavy atom. The standard InChI is InChI=1S/C46H40N4O4/c51-43(41-11-5-27-49(41)45(53)37-21-19-33-7-1-3-9-35(33)29-37)47-39-23-15-31(16-24-39)13-14-32-17-25-40(26-18-32)48-44(52)42-12-6-28-50(42)46(54)38-22-20-34-8-2-4-10-36(34)30-38/h1-4,7-10,13-26,29-30,41-42H,5-6,11-12,27-28H2,(H,47,51)(H,48,52)/b14-13+/t41-,42-/m1/s1. The van der Waals surface area contributed by atoms with E-state index in [0.717, 1.165) is 45.5 Å². The minimum atomic E-state index is -0.522. The van der Waals surface area contributed by atoms with Gasteiger partial charge in [0.1, 0.15) is 12.1 Å². The summed E-state index contributed by atoms with van der Waals surface area (Å²) in [5, 5.41) is 10.1. The zero-order chi connectivity index (χ0) is 37.0. The van der Waals surface area contributed by atoms with E-state index in [4.69, 9.17) is 0 Å². The molecule has 268 valence electrons. The van der Waals surface area contributed by atoms with Crippen molar-refractivity contribution in [3.8, 4) is 0 Å². The van der Waals surface area contributed by atoms with Crippen LogP contribution in [0.25, 0.3) is 33.7 Å². The van der Waals surface area contributed by atoms with Crippen LogP contribution in [-0.2, 0) is 9.59 Å². The first kappa shape index (κ1) is 34.5. The molecule has 2 aliphatic rings. The first-order valence-corrected chi connectivity index (χ1v) is 18.5. The van der Waals surface area contributed by atoms with E-state index in [1.165, 1.54) is 0 Å². The molecule has 2 fully saturated rings. The molecule has 2 atom stereocenters. The van der Waals surface area contributed by atoms with Gasteiger partial charge in [-0.05, 0) is 107 Å². The number of hydrogen-bond acceptors (Lipinski definition) is 4. The average molecular weight is 713 g/mol. The molecule has 0 aromatic heterocycles. The maximum absolute atomic E-state index is 13.4. The highest BCUT2D eigenvalue weighted by molar-refractivity contribution is 6.04. The van der Waals surface area contributed by atoms with Gasteiger partial charge in [0, 0.05) is 35.6 Å². The lowest BCUT2D eigenvalue weighted by Crippen LogP contribution is -2.43. The molecule has 2 aliphatic heterocycles. The van der Waals surface area contributed by atoms with Gasteiger partial charge in [-0.25, -0.2) is 0 Å². The Balaban J connectivity index is 0.845. The first-order valence-electron chi connectivity index (χ1n) is 18.5. The highest BCUT2D eigenvalue weighted by atomic mass is 16.2. The van der Waals surface area contributed by atoms with Crippen LogP contribution in [0.1, 0.15) is 57.5 Å². The smallest absolute Gasteiger partial charge is 0.254 e. The molecule has 2 saturated heterocycles. The molecular weight excluding hydrogens is 673 g/mol. The zero-order valence-corrected chi connectivity index (χ0v) is 29.8. The fourth-order valence-corrected chi connectivity index (χ4v) is 7.54. The third kappa shape index (κ3) is 7.36. The van der Waals surface area contributed by atoms with Crippen molar-refractivity contribution in [3.05, 3.63) is 156 Å². The van der Waals surface area contributed by atoms with Crippen molar-refractivity contribution < 1.29 is 19.2 Å². The summed E-state index contributed by atoms with van der Waals surface area (Å²) in [6.07, 6.45) is 6.77. The number of carbonyl (C=O) groups is 4. The number of benzene rings is 6. The van der Waals surface area contributed by atoms with E-state index in [2.05, 4.69) is 10.6 Å². The first-order chi connectivity index (χ1) is 26.4. The molecule has 8 heteroatoms. The van der Waals surface area contributed by atoms with Crippen LogP contribution in [0, 0.1) is 0 Å². The van der Waals surface area contributed by atoms with Crippen molar-refractivity contribution in [2.45, 2.75) is 37.8 Å². The van der Waals surface area contributed by atoms with Crippen molar-refractivity contribution in [3.63, 3.8) is 0 Å². The second kappa shape index (κ2) is 15.2. The number of amides is 4. The van der Waals surface area contributed by atoms with Crippen LogP contribution < -0.4 is 10.6 Å². The summed E-state index contributed by atoms with van der Waals surface area (Å²) in [6, 6.07) is 41.3. The van der Waals surface area contributed by atoms with Gasteiger partial charge in [-0.2, -0.15) is 0 Å². The highest BCUT2D eigenvalue weighted by Gasteiger charge is 2.36. The molecule has 2 heterocycles. The number of likely N-dealkylation sites (tertiary alicyclic amines) is 2. The third-order valence-corrected chi connectivity index (χ3v) is 10.5. The van der Waals surface area contributed by atoms with Gasteiger partial charge in [0.25, 0.3) is 11.8 Å². The van der Waals surface area contributed by atoms with Crippen LogP contribution in [0.5, 0.6) is 0 Å². The summed E-state index contributed by atoms with van der Waals surface area (Å²) in [4.78, 5) is 56.9. The Morgan fingerprint density at radius 3 is 1.28 bits per heavy atom. The Morgan fingerprint density at radius 1 is 0.481 bits per heavy atom. The lowest BCUT2D eigenvalue weighted by Gasteiger charge is -2.24. The highest BCUT2D eigenvalue weighted by Crippen LogP contribution is 2.26. The molecule has 8 nitrogen and oxygen atoms in total. The molecule has 0 saturated carbocycles. The second-order valence-electron chi connectivity index (χ2n) is 14.0. The van der Waals surface area contributed by atoms with Gasteiger partial charge in [-0.1, -0.05) is 97.1 Å². The quantitative estimate of drug-likeness (QED) is 0.154. The average Bonchev–Trinajstić information content (AvgIpc) is 3.92. The number of hydrogen-bond donors (Lipinski definition) is 2. The van der Waals surface area contributed by atoms with Crippen LogP contribution in [0.2, 0.25) is 0 Å². The van der Waals surface area contributed by atoms with E-state index in [0.29, 0.717) is 48.4 Å². The lowest BCUT2D eigenvalue weighted by molar-refractivity contribution is -0.120. The van der Waals surface area contributed by atoms with Gasteiger partial charge in [0.2, 0.25) is 11.8 Å². The minimum Gasteiger partial charge on any atom is -0.327 e. The number of rotatable bonds is 8. The Hall–Kier alpha value is -6.54. The molecule has 2 N–H and O–H groups in total. The molecule has 4 amide bonds. The molecular formula is C46H40N4O4. The van der Waals surface area contributed by atoms with Crippen molar-refractivity contribution in [1.29, 1.82) is 0 Å². The van der Waals surface area contributed by atoms with Gasteiger partial charge in [0.15, 0.2) is 0 Å². The zero-order valence-electron chi connectivity index (χ0n) is 29.8. The maximum atomic E-state index is 13.4. The normalized spacial score (nSPS) is 17.0. The largest absolute Gasteiger partial charge is 0.327 e. The summed E-state index contributed by atoms with van der Waals surface area (Å²) in [5.74, 6) is -0.623. The summed E-state index contributed by atoms with van der Waals surface area (Å²) in [7, 11) is 0. The van der Waals surface area contributed by atoms with Gasteiger partial charge >= 0.3 is 0 Å². The molecule has 0 bridgehead atoms. The SMILES string of the molecule is O=C(Nc1ccc(/C=C/c2ccc(NC(=O)[C@H]3CCCN3C(=O)c3ccc4ccccc4c3)cc2)cc1)[C@H]1CCCN1C(=O)c1ccc2ccccc2c1. The fourth-order valence-electron chi connectivity index (χ4n) is 7.54. The summed E-state index contributed by atoms with van der Waals surface area (Å²) in [6.45, 7) is 1.10. The predicted octanol–water partition coefficient (Wildman–Crippen LogP) is 8.65. The summed E-state index contributed by atoms with van der Waals surface area (Å²) < 4.78 is 0. The van der Waals surface area contributed by atoms with Crippen molar-refractivity contribution >= 4 is 68.7 Å². The number of carbonyl (C=O) groups excluding carboxylic acids is 4. The Bertz CT molecular complexity index is 2230. The number of anilines is 2. The molecule has 0 spiro atoms. The Labute approximate surface area is 314 Å². The number of nitrogens with zero attached hydrogens (tertiary/aromatic N) is 2. The molecule has 0 aliphatic carbocycles. The third-order valence-electron chi connectivity index (χ3n) is 10.5. The molecule has 8 rings (SSSR count). The van der Waals surface area contributed by atoms with Crippen molar-refractivity contribution in [1.82, 2.24) is 9.80 Å². The Kier molecular flexibility index (Phi) is 9.73. The van der Waals surface area contributed by atoms with E-state index >= 15 is 0 Å². The maximum Gasteiger partial charge on any atom is 0.254 e. The monoisotopic (exact) mass is 712 g/mol. The van der Waals surface area contributed by atoms with E-state index in [9.17, 15) is 19.2 Å².